The molecule has 2 saturated heterocycles. The number of allylic oxidation sites excluding steroid dienone is 1. The fourth-order valence-corrected chi connectivity index (χ4v) is 7.39. The first-order valence-corrected chi connectivity index (χ1v) is 16.9. The number of anilines is 1. The van der Waals surface area contributed by atoms with Gasteiger partial charge in [-0.05, 0) is 126 Å². The molecule has 3 aromatic rings. The number of aldehydes is 1. The first-order valence-electron chi connectivity index (χ1n) is 15.1. The topological polar surface area (TPSA) is 68.4 Å². The molecule has 3 heterocycles. The van der Waals surface area contributed by atoms with E-state index in [1.165, 1.54) is 57.4 Å². The number of nitrogens with one attached hydrogen (secondary N) is 2. The molecule has 1 aromatic heterocycles. The van der Waals surface area contributed by atoms with Gasteiger partial charge < -0.3 is 24.9 Å². The van der Waals surface area contributed by atoms with Crippen molar-refractivity contribution >= 4 is 65.4 Å². The van der Waals surface area contributed by atoms with Gasteiger partial charge in [0.2, 0.25) is 0 Å². The van der Waals surface area contributed by atoms with Gasteiger partial charge in [-0.3, -0.25) is 4.79 Å². The normalized spacial score (nSPS) is 17.1. The lowest BCUT2D eigenvalue weighted by molar-refractivity contribution is -0.103. The zero-order chi connectivity index (χ0) is 32.2. The molecule has 9 heteroatoms. The number of carbonyl (C=O) groups is 2. The minimum Gasteiger partial charge on any atom is -0.388 e. The molecule has 5 rings (SSSR count). The van der Waals surface area contributed by atoms with Crippen molar-refractivity contribution in [3.63, 3.8) is 0 Å². The van der Waals surface area contributed by atoms with Crippen LogP contribution in [0.5, 0.6) is 0 Å². The molecule has 2 N–H and O–H groups in total. The highest BCUT2D eigenvalue weighted by atomic mass is 35.5. The standard InChI is InChI=1S/C24H24Cl2N2OS.C10H20N2.CH2O/c1-14-15(2)24(28-16(14)3)10-17(12-29)19-11-18(8-9-23(19)27-4)30-13-20-21(25)6-5-7-22(20)26;1-11-6-4-5-10(11)9-12-7-2-3-8-12;1-2/h5-12,27-28H,13H2,1-4H3;10H,2-9H2,1H3;1H2/b17-10+;;/t;10-;/m.1./s1. The number of likely N-dealkylation sites (N-methyl/N-ethyl adjacent to an activating group) is 1. The van der Waals surface area contributed by atoms with Gasteiger partial charge in [0.05, 0.1) is 0 Å². The van der Waals surface area contributed by atoms with Gasteiger partial charge in [0.25, 0.3) is 0 Å². The molecule has 0 radical (unpaired) electrons. The van der Waals surface area contributed by atoms with E-state index in [1.807, 2.05) is 63.2 Å². The van der Waals surface area contributed by atoms with Crippen molar-refractivity contribution < 1.29 is 9.59 Å². The molecule has 0 unspecified atom stereocenters. The number of carbonyl (C=O) groups excluding carboxylic acids is 2. The van der Waals surface area contributed by atoms with Crippen LogP contribution in [0, 0.1) is 20.8 Å². The lowest BCUT2D eigenvalue weighted by Gasteiger charge is -2.24. The summed E-state index contributed by atoms with van der Waals surface area (Å²) in [5.41, 5.74) is 7.69. The number of H-pyrrole nitrogens is 1. The van der Waals surface area contributed by atoms with E-state index in [-0.39, 0.29) is 0 Å². The Morgan fingerprint density at radius 2 is 1.73 bits per heavy atom. The molecule has 0 aliphatic carbocycles. The van der Waals surface area contributed by atoms with Gasteiger partial charge in [0.15, 0.2) is 6.29 Å². The maximum absolute atomic E-state index is 12.0. The Balaban J connectivity index is 0.000000312. The number of thioether (sulfide) groups is 1. The average Bonchev–Trinajstić information content (AvgIpc) is 3.76. The van der Waals surface area contributed by atoms with Crippen LogP contribution in [0.3, 0.4) is 0 Å². The van der Waals surface area contributed by atoms with Gasteiger partial charge in [-0.25, -0.2) is 0 Å². The highest BCUT2D eigenvalue weighted by Gasteiger charge is 2.24. The predicted octanol–water partition coefficient (Wildman–Crippen LogP) is 8.31. The second-order valence-electron chi connectivity index (χ2n) is 11.4. The van der Waals surface area contributed by atoms with Crippen LogP contribution in [-0.4, -0.2) is 74.2 Å². The number of aromatic amines is 1. The van der Waals surface area contributed by atoms with E-state index < -0.39 is 0 Å². The molecule has 0 amide bonds. The number of aryl methyl sites for hydroxylation is 1. The number of hydrogen-bond acceptors (Lipinski definition) is 6. The Labute approximate surface area is 277 Å². The van der Waals surface area contributed by atoms with E-state index in [2.05, 4.69) is 41.0 Å². The van der Waals surface area contributed by atoms with Crippen LogP contribution in [0.2, 0.25) is 10.0 Å². The number of likely N-dealkylation sites (tertiary alicyclic amines) is 2. The molecule has 6 nitrogen and oxygen atoms in total. The third-order valence-corrected chi connectivity index (χ3v) is 10.4. The summed E-state index contributed by atoms with van der Waals surface area (Å²) in [6.45, 7) is 13.5. The van der Waals surface area contributed by atoms with Crippen LogP contribution < -0.4 is 5.32 Å². The maximum Gasteiger partial charge on any atom is 0.150 e. The van der Waals surface area contributed by atoms with E-state index in [1.54, 1.807) is 11.8 Å². The molecule has 0 saturated carbocycles. The SMILES string of the molecule is C=O.CN1CCC[C@@H]1CN1CCCC1.CNc1ccc(SCc2c(Cl)cccc2Cl)cc1/C(C=O)=C/c1[nH]c(C)c(C)c1C. The van der Waals surface area contributed by atoms with Gasteiger partial charge in [0.1, 0.15) is 6.79 Å². The number of rotatable bonds is 9. The summed E-state index contributed by atoms with van der Waals surface area (Å²) in [5.74, 6) is 0.644. The monoisotopic (exact) mass is 656 g/mol. The molecule has 238 valence electrons. The number of aromatic nitrogens is 1. The zero-order valence-electron chi connectivity index (χ0n) is 26.6. The lowest BCUT2D eigenvalue weighted by Crippen LogP contribution is -2.37. The van der Waals surface area contributed by atoms with Crippen LogP contribution >= 0.6 is 35.0 Å². The molecule has 2 aliphatic heterocycles. The number of hydrogen-bond donors (Lipinski definition) is 2. The van der Waals surface area contributed by atoms with Crippen molar-refractivity contribution in [1.82, 2.24) is 14.8 Å². The minimum atomic E-state index is 0.613. The molecule has 44 heavy (non-hydrogen) atoms. The molecule has 2 fully saturated rings. The van der Waals surface area contributed by atoms with E-state index in [0.29, 0.717) is 21.4 Å². The molecule has 0 spiro atoms. The summed E-state index contributed by atoms with van der Waals surface area (Å²) in [7, 11) is 4.12. The average molecular weight is 658 g/mol. The Morgan fingerprint density at radius 3 is 2.27 bits per heavy atom. The third kappa shape index (κ3) is 9.48. The van der Waals surface area contributed by atoms with E-state index in [4.69, 9.17) is 28.0 Å². The Hall–Kier alpha value is -2.55. The van der Waals surface area contributed by atoms with Gasteiger partial charge in [-0.1, -0.05) is 29.3 Å². The van der Waals surface area contributed by atoms with Crippen molar-refractivity contribution in [3.8, 4) is 0 Å². The largest absolute Gasteiger partial charge is 0.388 e. The molecular weight excluding hydrogens is 611 g/mol. The summed E-state index contributed by atoms with van der Waals surface area (Å²) in [4.78, 5) is 29.6. The van der Waals surface area contributed by atoms with Crippen molar-refractivity contribution in [2.75, 3.05) is 45.6 Å². The smallest absolute Gasteiger partial charge is 0.150 e. The van der Waals surface area contributed by atoms with Gasteiger partial charge >= 0.3 is 0 Å². The summed E-state index contributed by atoms with van der Waals surface area (Å²) in [5, 5.41) is 4.50. The molecule has 2 aromatic carbocycles. The minimum absolute atomic E-state index is 0.613. The fraction of sp³-hybridized carbons (Fsp3) is 0.429. The van der Waals surface area contributed by atoms with Gasteiger partial charge in [0, 0.05) is 68.5 Å². The van der Waals surface area contributed by atoms with Crippen molar-refractivity contribution in [3.05, 3.63) is 80.1 Å². The number of nitrogens with zero attached hydrogens (tertiary/aromatic N) is 2. The third-order valence-electron chi connectivity index (χ3n) is 8.63. The zero-order valence-corrected chi connectivity index (χ0v) is 29.0. The van der Waals surface area contributed by atoms with Crippen molar-refractivity contribution in [2.45, 2.75) is 63.1 Å². The van der Waals surface area contributed by atoms with Crippen LogP contribution in [0.4, 0.5) is 5.69 Å². The quantitative estimate of drug-likeness (QED) is 0.137. The second-order valence-corrected chi connectivity index (χ2v) is 13.2. The van der Waals surface area contributed by atoms with E-state index in [9.17, 15) is 4.79 Å². The predicted molar refractivity (Wildman–Crippen MR) is 189 cm³/mol. The summed E-state index contributed by atoms with van der Waals surface area (Å²) < 4.78 is 0. The van der Waals surface area contributed by atoms with Crippen LogP contribution in [0.25, 0.3) is 11.6 Å². The second kappa shape index (κ2) is 17.8. The van der Waals surface area contributed by atoms with Gasteiger partial charge in [-0.2, -0.15) is 0 Å². The highest BCUT2D eigenvalue weighted by molar-refractivity contribution is 7.98. The number of benzene rings is 2. The molecular formula is C35H46Cl2N4O2S. The van der Waals surface area contributed by atoms with Crippen LogP contribution in [-0.2, 0) is 15.3 Å². The molecule has 2 aliphatic rings. The van der Waals surface area contributed by atoms with Crippen LogP contribution in [0.15, 0.2) is 41.3 Å². The maximum atomic E-state index is 12.0. The first-order chi connectivity index (χ1) is 21.2. The lowest BCUT2D eigenvalue weighted by atomic mass is 10.0. The Bertz CT molecular complexity index is 1400. The number of halogens is 2. The fourth-order valence-electron chi connectivity index (χ4n) is 5.72. The Morgan fingerprint density at radius 1 is 1.05 bits per heavy atom. The van der Waals surface area contributed by atoms with E-state index >= 15 is 0 Å². The van der Waals surface area contributed by atoms with Crippen molar-refractivity contribution in [2.24, 2.45) is 0 Å². The Kier molecular flexibility index (Phi) is 14.5. The molecule has 1 atom stereocenters. The van der Waals surface area contributed by atoms with Gasteiger partial charge in [-0.15, -0.1) is 11.8 Å². The molecule has 0 bridgehead atoms. The first kappa shape index (κ1) is 35.9. The summed E-state index contributed by atoms with van der Waals surface area (Å²) >= 11 is 14.2. The summed E-state index contributed by atoms with van der Waals surface area (Å²) in [6, 6.07) is 12.4. The highest BCUT2D eigenvalue weighted by Crippen LogP contribution is 2.35. The van der Waals surface area contributed by atoms with Crippen LogP contribution in [0.1, 0.15) is 59.3 Å². The van der Waals surface area contributed by atoms with E-state index in [0.717, 1.165) is 51.0 Å². The summed E-state index contributed by atoms with van der Waals surface area (Å²) in [6.07, 6.45) is 8.51. The van der Waals surface area contributed by atoms with Crippen molar-refractivity contribution in [1.29, 1.82) is 0 Å².